The number of ether oxygens (including phenoxy) is 1. The molecule has 1 rings (SSSR count). The Morgan fingerprint density at radius 2 is 1.91 bits per heavy atom. The molecule has 0 unspecified atom stereocenters. The van der Waals surface area contributed by atoms with Gasteiger partial charge in [0.05, 0.1) is 6.61 Å². The predicted octanol–water partition coefficient (Wildman–Crippen LogP) is 2.71. The smallest absolute Gasteiger partial charge is 0.191 e. The maximum atomic E-state index is 5.33. The van der Waals surface area contributed by atoms with Gasteiger partial charge in [0.15, 0.2) is 5.96 Å². The molecule has 1 saturated heterocycles. The van der Waals surface area contributed by atoms with E-state index < -0.39 is 0 Å². The molecule has 0 spiro atoms. The van der Waals surface area contributed by atoms with Gasteiger partial charge in [-0.3, -0.25) is 4.99 Å². The summed E-state index contributed by atoms with van der Waals surface area (Å²) < 4.78 is 5.33. The zero-order valence-electron chi connectivity index (χ0n) is 15.3. The van der Waals surface area contributed by atoms with Crippen LogP contribution in [0.4, 0.5) is 0 Å². The van der Waals surface area contributed by atoms with Crippen LogP contribution < -0.4 is 10.6 Å². The molecule has 0 aromatic rings. The van der Waals surface area contributed by atoms with E-state index in [1.165, 1.54) is 38.9 Å². The lowest BCUT2D eigenvalue weighted by Gasteiger charge is -2.30. The number of piperidine rings is 1. The second-order valence-corrected chi connectivity index (χ2v) is 6.12. The van der Waals surface area contributed by atoms with Crippen molar-refractivity contribution in [2.45, 2.75) is 46.5 Å². The summed E-state index contributed by atoms with van der Waals surface area (Å²) in [6, 6.07) is 0. The van der Waals surface area contributed by atoms with Crippen molar-refractivity contribution in [3.63, 3.8) is 0 Å². The van der Waals surface area contributed by atoms with Crippen LogP contribution in [-0.4, -0.2) is 63.3 Å². The lowest BCUT2D eigenvalue weighted by molar-refractivity contribution is 0.152. The molecule has 0 radical (unpaired) electrons. The van der Waals surface area contributed by atoms with Gasteiger partial charge in [-0.1, -0.05) is 6.92 Å². The topological polar surface area (TPSA) is 48.9 Å². The lowest BCUT2D eigenvalue weighted by Crippen LogP contribution is -2.39. The summed E-state index contributed by atoms with van der Waals surface area (Å²) in [5.74, 6) is 1.83. The standard InChI is InChI=1S/C17H36N4O.HI/c1-4-18-17(20-11-15-22-5-2)19-10-6-7-12-21-13-8-16(3)9-14-21;/h16H,4-15H2,1-3H3,(H2,18,19,20);1H. The Hall–Kier alpha value is -0.0800. The molecule has 23 heavy (non-hydrogen) atoms. The highest BCUT2D eigenvalue weighted by Crippen LogP contribution is 2.16. The minimum atomic E-state index is 0. The van der Waals surface area contributed by atoms with Gasteiger partial charge >= 0.3 is 0 Å². The number of likely N-dealkylation sites (tertiary alicyclic amines) is 1. The summed E-state index contributed by atoms with van der Waals surface area (Å²) in [4.78, 5) is 7.23. The van der Waals surface area contributed by atoms with Crippen molar-refractivity contribution in [2.75, 3.05) is 52.5 Å². The maximum Gasteiger partial charge on any atom is 0.191 e. The van der Waals surface area contributed by atoms with Gasteiger partial charge in [-0.2, -0.15) is 0 Å². The molecule has 1 aliphatic rings. The first kappa shape index (κ1) is 22.9. The van der Waals surface area contributed by atoms with E-state index in [0.29, 0.717) is 0 Å². The fraction of sp³-hybridized carbons (Fsp3) is 0.941. The van der Waals surface area contributed by atoms with Crippen LogP contribution in [0.25, 0.3) is 0 Å². The summed E-state index contributed by atoms with van der Waals surface area (Å²) in [6.45, 7) is 14.4. The van der Waals surface area contributed by atoms with Crippen LogP contribution in [0, 0.1) is 5.92 Å². The SMILES string of the molecule is CCNC(=NCCCCN1CCC(C)CC1)NCCOCC.I. The third kappa shape index (κ3) is 12.0. The van der Waals surface area contributed by atoms with Crippen LogP contribution in [0.15, 0.2) is 4.99 Å². The van der Waals surface area contributed by atoms with Crippen molar-refractivity contribution in [3.8, 4) is 0 Å². The summed E-state index contributed by atoms with van der Waals surface area (Å²) in [6.07, 6.45) is 5.14. The highest BCUT2D eigenvalue weighted by molar-refractivity contribution is 14.0. The Balaban J connectivity index is 0.00000484. The molecule has 0 aliphatic carbocycles. The fourth-order valence-corrected chi connectivity index (χ4v) is 2.65. The molecule has 0 amide bonds. The number of hydrogen-bond donors (Lipinski definition) is 2. The van der Waals surface area contributed by atoms with Gasteiger partial charge in [0, 0.05) is 26.2 Å². The van der Waals surface area contributed by atoms with Crippen LogP contribution >= 0.6 is 24.0 Å². The zero-order valence-corrected chi connectivity index (χ0v) is 17.6. The van der Waals surface area contributed by atoms with E-state index in [9.17, 15) is 0 Å². The Labute approximate surface area is 160 Å². The quantitative estimate of drug-likeness (QED) is 0.237. The molecule has 0 aromatic heterocycles. The number of nitrogens with one attached hydrogen (secondary N) is 2. The fourth-order valence-electron chi connectivity index (χ4n) is 2.65. The molecule has 0 atom stereocenters. The molecule has 0 bridgehead atoms. The average Bonchev–Trinajstić information content (AvgIpc) is 2.53. The molecule has 5 nitrogen and oxygen atoms in total. The van der Waals surface area contributed by atoms with Gasteiger partial charge < -0.3 is 20.3 Å². The average molecular weight is 440 g/mol. The highest BCUT2D eigenvalue weighted by Gasteiger charge is 2.14. The molecule has 0 saturated carbocycles. The Bertz CT molecular complexity index is 294. The van der Waals surface area contributed by atoms with Gasteiger partial charge in [0.2, 0.25) is 0 Å². The predicted molar refractivity (Wildman–Crippen MR) is 110 cm³/mol. The summed E-state index contributed by atoms with van der Waals surface area (Å²) in [5, 5.41) is 6.58. The Morgan fingerprint density at radius 3 is 2.57 bits per heavy atom. The first-order chi connectivity index (χ1) is 10.8. The van der Waals surface area contributed by atoms with E-state index in [2.05, 4.69) is 34.4 Å². The first-order valence-electron chi connectivity index (χ1n) is 9.08. The van der Waals surface area contributed by atoms with E-state index in [-0.39, 0.29) is 24.0 Å². The summed E-state index contributed by atoms with van der Waals surface area (Å²) in [7, 11) is 0. The monoisotopic (exact) mass is 440 g/mol. The molecule has 6 heteroatoms. The highest BCUT2D eigenvalue weighted by atomic mass is 127. The molecular formula is C17H37IN4O. The van der Waals surface area contributed by atoms with Gasteiger partial charge in [0.25, 0.3) is 0 Å². The van der Waals surface area contributed by atoms with E-state index >= 15 is 0 Å². The molecular weight excluding hydrogens is 403 g/mol. The molecule has 1 heterocycles. The first-order valence-corrected chi connectivity index (χ1v) is 9.08. The van der Waals surface area contributed by atoms with Gasteiger partial charge in [-0.25, -0.2) is 0 Å². The number of rotatable bonds is 10. The van der Waals surface area contributed by atoms with Crippen molar-refractivity contribution in [2.24, 2.45) is 10.9 Å². The molecule has 2 N–H and O–H groups in total. The molecule has 138 valence electrons. The number of aliphatic imine (C=N–C) groups is 1. The van der Waals surface area contributed by atoms with Gasteiger partial charge in [0.1, 0.15) is 0 Å². The van der Waals surface area contributed by atoms with E-state index in [1.807, 2.05) is 6.92 Å². The lowest BCUT2D eigenvalue weighted by atomic mass is 9.99. The van der Waals surface area contributed by atoms with Crippen LogP contribution in [0.3, 0.4) is 0 Å². The summed E-state index contributed by atoms with van der Waals surface area (Å²) in [5.41, 5.74) is 0. The van der Waals surface area contributed by atoms with Crippen molar-refractivity contribution in [3.05, 3.63) is 0 Å². The third-order valence-electron chi connectivity index (χ3n) is 4.12. The number of nitrogens with zero attached hydrogens (tertiary/aromatic N) is 2. The van der Waals surface area contributed by atoms with Crippen molar-refractivity contribution in [1.82, 2.24) is 15.5 Å². The van der Waals surface area contributed by atoms with Crippen LogP contribution in [0.1, 0.15) is 46.5 Å². The number of halogens is 1. The Kier molecular flexibility index (Phi) is 15.4. The van der Waals surface area contributed by atoms with Crippen molar-refractivity contribution < 1.29 is 4.74 Å². The van der Waals surface area contributed by atoms with Gasteiger partial charge in [-0.05, 0) is 65.1 Å². The van der Waals surface area contributed by atoms with E-state index in [4.69, 9.17) is 4.74 Å². The van der Waals surface area contributed by atoms with Crippen molar-refractivity contribution >= 4 is 29.9 Å². The van der Waals surface area contributed by atoms with Crippen molar-refractivity contribution in [1.29, 1.82) is 0 Å². The number of guanidine groups is 1. The normalized spacial score (nSPS) is 16.9. The third-order valence-corrected chi connectivity index (χ3v) is 4.12. The molecule has 0 aromatic carbocycles. The zero-order chi connectivity index (χ0) is 16.0. The largest absolute Gasteiger partial charge is 0.380 e. The summed E-state index contributed by atoms with van der Waals surface area (Å²) >= 11 is 0. The minimum Gasteiger partial charge on any atom is -0.380 e. The van der Waals surface area contributed by atoms with Crippen LogP contribution in [0.2, 0.25) is 0 Å². The Morgan fingerprint density at radius 1 is 1.17 bits per heavy atom. The molecule has 1 aliphatic heterocycles. The van der Waals surface area contributed by atoms with E-state index in [0.717, 1.165) is 51.1 Å². The number of unbranched alkanes of at least 4 members (excludes halogenated alkanes) is 1. The second-order valence-electron chi connectivity index (χ2n) is 6.12. The van der Waals surface area contributed by atoms with Crippen LogP contribution in [-0.2, 0) is 4.74 Å². The number of hydrogen-bond acceptors (Lipinski definition) is 3. The molecule has 1 fully saturated rings. The minimum absolute atomic E-state index is 0. The van der Waals surface area contributed by atoms with E-state index in [1.54, 1.807) is 0 Å². The maximum absolute atomic E-state index is 5.33. The van der Waals surface area contributed by atoms with Crippen LogP contribution in [0.5, 0.6) is 0 Å². The van der Waals surface area contributed by atoms with Gasteiger partial charge in [-0.15, -0.1) is 24.0 Å². The second kappa shape index (κ2) is 15.4.